The molecule has 32 heavy (non-hydrogen) atoms. The van der Waals surface area contributed by atoms with Crippen LogP contribution in [0, 0.1) is 0 Å². The van der Waals surface area contributed by atoms with Crippen molar-refractivity contribution in [2.45, 2.75) is 57.4 Å². The van der Waals surface area contributed by atoms with Crippen LogP contribution < -0.4 is 14.3 Å². The maximum absolute atomic E-state index is 13.4. The number of carbonyl (C=O) groups excluding carboxylic acids is 1. The molecule has 9 nitrogen and oxygen atoms in total. The highest BCUT2D eigenvalue weighted by molar-refractivity contribution is 7.91. The lowest BCUT2D eigenvalue weighted by Gasteiger charge is -2.36. The van der Waals surface area contributed by atoms with Crippen LogP contribution in [0.1, 0.15) is 47.9 Å². The van der Waals surface area contributed by atoms with E-state index in [0.29, 0.717) is 18.5 Å². The number of aryl methyl sites for hydroxylation is 2. The van der Waals surface area contributed by atoms with Gasteiger partial charge in [-0.25, -0.2) is 13.8 Å². The third kappa shape index (κ3) is 3.97. The molecule has 1 aromatic heterocycles. The van der Waals surface area contributed by atoms with Crippen LogP contribution in [0.5, 0.6) is 0 Å². The molecule has 0 atom stereocenters. The van der Waals surface area contributed by atoms with Gasteiger partial charge in [-0.05, 0) is 93.8 Å². The number of likely N-dealkylation sites (tertiary alicyclic amines) is 1. The lowest BCUT2D eigenvalue weighted by Crippen LogP contribution is -2.52. The number of H-pyrrole nitrogens is 1. The zero-order chi connectivity index (χ0) is 22.3. The SMILES string of the molecule is CN1CCC(N(c2cn[nH]c2)S(=O)(=O)NC(=O)Nc2c3c(cc4c2CCC4)CCC3)CC1. The molecule has 5 rings (SSSR count). The lowest BCUT2D eigenvalue weighted by atomic mass is 9.99. The van der Waals surface area contributed by atoms with Crippen LogP contribution >= 0.6 is 0 Å². The number of rotatable bonds is 5. The Bertz CT molecular complexity index is 1070. The van der Waals surface area contributed by atoms with Gasteiger partial charge < -0.3 is 10.2 Å². The average molecular weight is 459 g/mol. The predicted octanol–water partition coefficient (Wildman–Crippen LogP) is 2.35. The molecular formula is C22H30N6O3S. The Morgan fingerprint density at radius 2 is 1.78 bits per heavy atom. The van der Waals surface area contributed by atoms with Gasteiger partial charge in [0.25, 0.3) is 0 Å². The first-order valence-electron chi connectivity index (χ1n) is 11.4. The van der Waals surface area contributed by atoms with Crippen LogP contribution in [-0.4, -0.2) is 55.7 Å². The van der Waals surface area contributed by atoms with Crippen molar-refractivity contribution in [1.29, 1.82) is 0 Å². The van der Waals surface area contributed by atoms with Crippen molar-refractivity contribution >= 4 is 27.6 Å². The summed E-state index contributed by atoms with van der Waals surface area (Å²) in [6.07, 6.45) is 10.4. The zero-order valence-corrected chi connectivity index (χ0v) is 19.2. The molecule has 0 saturated carbocycles. The molecule has 2 aliphatic carbocycles. The number of piperidine rings is 1. The normalized spacial score (nSPS) is 18.9. The topological polar surface area (TPSA) is 110 Å². The molecule has 3 N–H and O–H groups in total. The molecule has 2 amide bonds. The minimum atomic E-state index is -4.12. The number of aromatic nitrogens is 2. The van der Waals surface area contributed by atoms with Crippen LogP contribution in [0.2, 0.25) is 0 Å². The number of carbonyl (C=O) groups is 1. The summed E-state index contributed by atoms with van der Waals surface area (Å²) in [6.45, 7) is 1.59. The minimum Gasteiger partial charge on any atom is -0.307 e. The Kier molecular flexibility index (Phi) is 5.58. The van der Waals surface area contributed by atoms with Crippen LogP contribution in [0.3, 0.4) is 0 Å². The Morgan fingerprint density at radius 1 is 1.12 bits per heavy atom. The lowest BCUT2D eigenvalue weighted by molar-refractivity contribution is 0.254. The van der Waals surface area contributed by atoms with Crippen LogP contribution in [-0.2, 0) is 35.9 Å². The molecule has 2 heterocycles. The highest BCUT2D eigenvalue weighted by Gasteiger charge is 2.35. The molecule has 10 heteroatoms. The van der Waals surface area contributed by atoms with Gasteiger partial charge in [0.15, 0.2) is 0 Å². The molecule has 1 aliphatic heterocycles. The second-order valence-corrected chi connectivity index (χ2v) is 10.6. The molecule has 172 valence electrons. The van der Waals surface area contributed by atoms with E-state index in [0.717, 1.165) is 57.3 Å². The Labute approximate surface area is 188 Å². The highest BCUT2D eigenvalue weighted by atomic mass is 32.2. The molecular weight excluding hydrogens is 428 g/mol. The van der Waals surface area contributed by atoms with Crippen molar-refractivity contribution in [2.24, 2.45) is 0 Å². The van der Waals surface area contributed by atoms with Gasteiger partial charge in [0, 0.05) is 17.9 Å². The molecule has 2 aromatic rings. The second kappa shape index (κ2) is 8.40. The number of fused-ring (bicyclic) bond motifs is 2. The van der Waals surface area contributed by atoms with Crippen molar-refractivity contribution in [3.8, 4) is 0 Å². The number of urea groups is 1. The van der Waals surface area contributed by atoms with Gasteiger partial charge in [0.05, 0.1) is 11.9 Å². The van der Waals surface area contributed by atoms with Crippen molar-refractivity contribution in [2.75, 3.05) is 29.8 Å². The van der Waals surface area contributed by atoms with Gasteiger partial charge in [-0.3, -0.25) is 5.10 Å². The molecule has 1 saturated heterocycles. The number of benzene rings is 1. The third-order valence-electron chi connectivity index (χ3n) is 6.95. The van der Waals surface area contributed by atoms with Crippen LogP contribution in [0.15, 0.2) is 18.5 Å². The average Bonchev–Trinajstić information content (AvgIpc) is 3.50. The number of hydrogen-bond acceptors (Lipinski definition) is 5. The van der Waals surface area contributed by atoms with E-state index in [-0.39, 0.29) is 6.04 Å². The number of amides is 2. The van der Waals surface area contributed by atoms with Crippen molar-refractivity contribution in [3.05, 3.63) is 40.7 Å². The van der Waals surface area contributed by atoms with E-state index < -0.39 is 16.2 Å². The Hall–Kier alpha value is -2.59. The smallest absolute Gasteiger partial charge is 0.307 e. The first-order valence-corrected chi connectivity index (χ1v) is 12.8. The maximum Gasteiger partial charge on any atom is 0.334 e. The van der Waals surface area contributed by atoms with Crippen molar-refractivity contribution in [3.63, 3.8) is 0 Å². The molecule has 1 aromatic carbocycles. The maximum atomic E-state index is 13.4. The fourth-order valence-corrected chi connectivity index (χ4v) is 6.78. The summed E-state index contributed by atoms with van der Waals surface area (Å²) in [5.41, 5.74) is 6.17. The summed E-state index contributed by atoms with van der Waals surface area (Å²) in [4.78, 5) is 15.2. The highest BCUT2D eigenvalue weighted by Crippen LogP contribution is 2.38. The van der Waals surface area contributed by atoms with Gasteiger partial charge in [0.1, 0.15) is 0 Å². The van der Waals surface area contributed by atoms with Crippen LogP contribution in [0.25, 0.3) is 0 Å². The van der Waals surface area contributed by atoms with Gasteiger partial charge in [-0.1, -0.05) is 6.07 Å². The predicted molar refractivity (Wildman–Crippen MR) is 123 cm³/mol. The summed E-state index contributed by atoms with van der Waals surface area (Å²) >= 11 is 0. The summed E-state index contributed by atoms with van der Waals surface area (Å²) < 4.78 is 30.3. The zero-order valence-electron chi connectivity index (χ0n) is 18.4. The second-order valence-electron chi connectivity index (χ2n) is 9.08. The Morgan fingerprint density at radius 3 is 2.38 bits per heavy atom. The quantitative estimate of drug-likeness (QED) is 0.637. The van der Waals surface area contributed by atoms with E-state index >= 15 is 0 Å². The van der Waals surface area contributed by atoms with Crippen molar-refractivity contribution < 1.29 is 13.2 Å². The molecule has 1 fully saturated rings. The number of anilines is 2. The third-order valence-corrected chi connectivity index (χ3v) is 8.42. The van der Waals surface area contributed by atoms with E-state index in [2.05, 4.69) is 31.2 Å². The molecule has 0 bridgehead atoms. The molecule has 0 unspecified atom stereocenters. The van der Waals surface area contributed by atoms with Crippen molar-refractivity contribution in [1.82, 2.24) is 19.8 Å². The number of hydrogen-bond donors (Lipinski definition) is 3. The van der Waals surface area contributed by atoms with E-state index in [1.54, 1.807) is 6.20 Å². The van der Waals surface area contributed by atoms with E-state index in [4.69, 9.17) is 0 Å². The fourth-order valence-electron chi connectivity index (χ4n) is 5.41. The van der Waals surface area contributed by atoms with Gasteiger partial charge >= 0.3 is 16.2 Å². The summed E-state index contributed by atoms with van der Waals surface area (Å²) in [7, 11) is -2.09. The number of nitrogens with one attached hydrogen (secondary N) is 3. The first kappa shape index (κ1) is 21.3. The summed E-state index contributed by atoms with van der Waals surface area (Å²) in [5, 5.41) is 9.53. The number of aromatic amines is 1. The van der Waals surface area contributed by atoms with Crippen LogP contribution in [0.4, 0.5) is 16.2 Å². The fraction of sp³-hybridized carbons (Fsp3) is 0.545. The van der Waals surface area contributed by atoms with Gasteiger partial charge in [0.2, 0.25) is 0 Å². The molecule has 0 radical (unpaired) electrons. The van der Waals surface area contributed by atoms with E-state index in [1.165, 1.54) is 32.8 Å². The Balaban J connectivity index is 1.39. The van der Waals surface area contributed by atoms with E-state index in [9.17, 15) is 13.2 Å². The standard InChI is InChI=1S/C22H30N6O3S/c1-27-10-8-17(9-11-27)28(18-13-23-24-14-18)32(30,31)26-22(29)25-21-19-6-2-4-15(19)12-16-5-3-7-20(16)21/h12-14,17H,2-11H2,1H3,(H,23,24)(H2,25,26,29). The number of nitrogens with zero attached hydrogens (tertiary/aromatic N) is 3. The summed E-state index contributed by atoms with van der Waals surface area (Å²) in [6, 6.07) is 1.34. The summed E-state index contributed by atoms with van der Waals surface area (Å²) in [5.74, 6) is 0. The first-order chi connectivity index (χ1) is 15.4. The van der Waals surface area contributed by atoms with Gasteiger partial charge in [-0.15, -0.1) is 0 Å². The van der Waals surface area contributed by atoms with Gasteiger partial charge in [-0.2, -0.15) is 13.5 Å². The molecule has 3 aliphatic rings. The largest absolute Gasteiger partial charge is 0.334 e. The minimum absolute atomic E-state index is 0.237. The monoisotopic (exact) mass is 458 g/mol. The van der Waals surface area contributed by atoms with E-state index in [1.807, 2.05) is 7.05 Å². The molecule has 0 spiro atoms.